The number of ketones is 1. The van der Waals surface area contributed by atoms with Crippen LogP contribution in [0.4, 0.5) is 5.69 Å². The minimum Gasteiger partial charge on any atom is -0.325 e. The zero-order valence-electron chi connectivity index (χ0n) is 15.4. The maximum absolute atomic E-state index is 13.1. The van der Waals surface area contributed by atoms with Crippen LogP contribution in [0.5, 0.6) is 0 Å². The summed E-state index contributed by atoms with van der Waals surface area (Å²) in [4.78, 5) is 24.6. The van der Waals surface area contributed by atoms with Crippen LogP contribution in [0.15, 0.2) is 57.9 Å². The Labute approximate surface area is 173 Å². The van der Waals surface area contributed by atoms with Crippen LogP contribution in [0.1, 0.15) is 36.5 Å². The van der Waals surface area contributed by atoms with Crippen molar-refractivity contribution in [2.24, 2.45) is 0 Å². The fraction of sp³-hybridized carbons (Fsp3) is 0.300. The molecule has 28 heavy (non-hydrogen) atoms. The summed E-state index contributed by atoms with van der Waals surface area (Å²) in [6, 6.07) is 12.2. The van der Waals surface area contributed by atoms with Crippen molar-refractivity contribution < 1.29 is 18.0 Å². The van der Waals surface area contributed by atoms with Gasteiger partial charge in [-0.1, -0.05) is 34.5 Å². The van der Waals surface area contributed by atoms with Gasteiger partial charge >= 0.3 is 0 Å². The van der Waals surface area contributed by atoms with Crippen molar-refractivity contribution in [3.05, 3.63) is 58.6 Å². The lowest BCUT2D eigenvalue weighted by Crippen LogP contribution is -2.49. The van der Waals surface area contributed by atoms with Gasteiger partial charge in [-0.2, -0.15) is 4.31 Å². The molecule has 1 fully saturated rings. The third-order valence-corrected chi connectivity index (χ3v) is 7.16. The van der Waals surface area contributed by atoms with Crippen molar-refractivity contribution in [2.75, 3.05) is 11.9 Å². The monoisotopic (exact) mass is 464 g/mol. The minimum atomic E-state index is -3.79. The summed E-state index contributed by atoms with van der Waals surface area (Å²) in [6.07, 6.45) is 1.94. The number of piperidine rings is 1. The van der Waals surface area contributed by atoms with Crippen molar-refractivity contribution in [3.63, 3.8) is 0 Å². The summed E-state index contributed by atoms with van der Waals surface area (Å²) < 4.78 is 28.3. The maximum Gasteiger partial charge on any atom is 0.243 e. The van der Waals surface area contributed by atoms with Crippen molar-refractivity contribution in [3.8, 4) is 0 Å². The quantitative estimate of drug-likeness (QED) is 0.681. The molecule has 1 saturated heterocycles. The zero-order valence-corrected chi connectivity index (χ0v) is 17.8. The van der Waals surface area contributed by atoms with Gasteiger partial charge in [0.1, 0.15) is 6.04 Å². The van der Waals surface area contributed by atoms with Gasteiger partial charge in [0.05, 0.1) is 4.90 Å². The normalized spacial score (nSPS) is 17.9. The van der Waals surface area contributed by atoms with Gasteiger partial charge in [-0.25, -0.2) is 8.42 Å². The molecule has 0 unspecified atom stereocenters. The molecule has 0 radical (unpaired) electrons. The number of benzene rings is 2. The molecular weight excluding hydrogens is 444 g/mol. The third-order valence-electron chi connectivity index (χ3n) is 4.71. The number of nitrogens with zero attached hydrogens (tertiary/aromatic N) is 1. The molecule has 6 nitrogen and oxygen atoms in total. The summed E-state index contributed by atoms with van der Waals surface area (Å²) >= 11 is 3.30. The standard InChI is InChI=1S/C20H21BrN2O4S/c1-14(24)15-5-4-6-17(13-15)22-20(25)19-7-2-3-12-23(19)28(26,27)18-10-8-16(21)9-11-18/h4-6,8-11,13,19H,2-3,7,12H2,1H3,(H,22,25)/t19-/m1/s1. The van der Waals surface area contributed by atoms with Crippen LogP contribution in [0.3, 0.4) is 0 Å². The van der Waals surface area contributed by atoms with E-state index in [1.54, 1.807) is 36.4 Å². The molecule has 0 saturated carbocycles. The topological polar surface area (TPSA) is 83.6 Å². The van der Waals surface area contributed by atoms with E-state index in [1.807, 2.05) is 0 Å². The van der Waals surface area contributed by atoms with Crippen LogP contribution in [0.25, 0.3) is 0 Å². The number of hydrogen-bond donors (Lipinski definition) is 1. The van der Waals surface area contributed by atoms with Crippen LogP contribution < -0.4 is 5.32 Å². The number of sulfonamides is 1. The third kappa shape index (κ3) is 4.51. The molecule has 1 atom stereocenters. The summed E-state index contributed by atoms with van der Waals surface area (Å²) in [5, 5.41) is 2.76. The average molecular weight is 465 g/mol. The second-order valence-corrected chi connectivity index (χ2v) is 9.51. The van der Waals surface area contributed by atoms with Gasteiger partial charge < -0.3 is 5.32 Å². The number of nitrogens with one attached hydrogen (secondary N) is 1. The second kappa shape index (κ2) is 8.55. The zero-order chi connectivity index (χ0) is 20.3. The molecule has 2 aromatic carbocycles. The lowest BCUT2D eigenvalue weighted by molar-refractivity contribution is -0.120. The van der Waals surface area contributed by atoms with Crippen molar-refractivity contribution in [1.82, 2.24) is 4.31 Å². The van der Waals surface area contributed by atoms with Crippen LogP contribution in [-0.2, 0) is 14.8 Å². The van der Waals surface area contributed by atoms with E-state index in [0.29, 0.717) is 30.6 Å². The Bertz CT molecular complexity index is 990. The Hall–Kier alpha value is -2.03. The summed E-state index contributed by atoms with van der Waals surface area (Å²) in [7, 11) is -3.79. The summed E-state index contributed by atoms with van der Waals surface area (Å²) in [6.45, 7) is 1.75. The molecule has 1 heterocycles. The van der Waals surface area contributed by atoms with E-state index in [-0.39, 0.29) is 16.6 Å². The minimum absolute atomic E-state index is 0.104. The maximum atomic E-state index is 13.1. The van der Waals surface area contributed by atoms with E-state index >= 15 is 0 Å². The first-order valence-corrected chi connectivity index (χ1v) is 11.2. The molecule has 0 bridgehead atoms. The lowest BCUT2D eigenvalue weighted by Gasteiger charge is -2.33. The fourth-order valence-electron chi connectivity index (χ4n) is 3.24. The number of hydrogen-bond acceptors (Lipinski definition) is 4. The number of carbonyl (C=O) groups is 2. The first kappa shape index (κ1) is 20.7. The molecule has 8 heteroatoms. The SMILES string of the molecule is CC(=O)c1cccc(NC(=O)[C@H]2CCCCN2S(=O)(=O)c2ccc(Br)cc2)c1. The molecule has 1 N–H and O–H groups in total. The van der Waals surface area contributed by atoms with Crippen LogP contribution in [-0.4, -0.2) is 37.0 Å². The molecule has 1 aliphatic heterocycles. The molecule has 2 aromatic rings. The number of amides is 1. The van der Waals surface area contributed by atoms with Gasteiger partial charge in [-0.3, -0.25) is 9.59 Å². The summed E-state index contributed by atoms with van der Waals surface area (Å²) in [5.41, 5.74) is 0.963. The predicted molar refractivity (Wildman–Crippen MR) is 111 cm³/mol. The Morgan fingerprint density at radius 2 is 1.82 bits per heavy atom. The van der Waals surface area contributed by atoms with Gasteiger partial charge in [-0.15, -0.1) is 0 Å². The molecule has 1 amide bonds. The molecular formula is C20H21BrN2O4S. The van der Waals surface area contributed by atoms with Gasteiger partial charge in [0.25, 0.3) is 0 Å². The highest BCUT2D eigenvalue weighted by atomic mass is 79.9. The highest BCUT2D eigenvalue weighted by molar-refractivity contribution is 9.10. The van der Waals surface area contributed by atoms with Crippen LogP contribution >= 0.6 is 15.9 Å². The average Bonchev–Trinajstić information content (AvgIpc) is 2.68. The van der Waals surface area contributed by atoms with Gasteiger partial charge in [0.15, 0.2) is 5.78 Å². The Morgan fingerprint density at radius 3 is 2.50 bits per heavy atom. The molecule has 0 spiro atoms. The Balaban J connectivity index is 1.84. The van der Waals surface area contributed by atoms with E-state index in [2.05, 4.69) is 21.2 Å². The molecule has 0 aliphatic carbocycles. The highest BCUT2D eigenvalue weighted by Gasteiger charge is 2.37. The van der Waals surface area contributed by atoms with Crippen LogP contribution in [0.2, 0.25) is 0 Å². The van der Waals surface area contributed by atoms with Gasteiger partial charge in [0, 0.05) is 22.3 Å². The molecule has 148 valence electrons. The van der Waals surface area contributed by atoms with E-state index < -0.39 is 16.1 Å². The highest BCUT2D eigenvalue weighted by Crippen LogP contribution is 2.27. The largest absolute Gasteiger partial charge is 0.325 e. The van der Waals surface area contributed by atoms with Gasteiger partial charge in [-0.05, 0) is 56.2 Å². The number of anilines is 1. The second-order valence-electron chi connectivity index (χ2n) is 6.71. The Morgan fingerprint density at radius 1 is 1.11 bits per heavy atom. The fourth-order valence-corrected chi connectivity index (χ4v) is 5.16. The van der Waals surface area contributed by atoms with E-state index in [9.17, 15) is 18.0 Å². The predicted octanol–water partition coefficient (Wildman–Crippen LogP) is 3.83. The summed E-state index contributed by atoms with van der Waals surface area (Å²) in [5.74, 6) is -0.491. The first-order valence-electron chi connectivity index (χ1n) is 8.98. The van der Waals surface area contributed by atoms with Gasteiger partial charge in [0.2, 0.25) is 15.9 Å². The number of Topliss-reactive ketones (excluding diaryl/α,β-unsaturated/α-hetero) is 1. The van der Waals surface area contributed by atoms with Crippen LogP contribution in [0, 0.1) is 0 Å². The molecule has 3 rings (SSSR count). The molecule has 0 aromatic heterocycles. The smallest absolute Gasteiger partial charge is 0.243 e. The van der Waals surface area contributed by atoms with Crippen molar-refractivity contribution in [2.45, 2.75) is 37.1 Å². The van der Waals surface area contributed by atoms with E-state index in [1.165, 1.54) is 23.4 Å². The lowest BCUT2D eigenvalue weighted by atomic mass is 10.0. The van der Waals surface area contributed by atoms with E-state index in [4.69, 9.17) is 0 Å². The Kier molecular flexibility index (Phi) is 6.32. The number of rotatable bonds is 5. The number of carbonyl (C=O) groups excluding carboxylic acids is 2. The molecule has 1 aliphatic rings. The van der Waals surface area contributed by atoms with E-state index in [0.717, 1.165) is 10.9 Å². The first-order chi connectivity index (χ1) is 13.3. The number of halogens is 1. The van der Waals surface area contributed by atoms with Crippen molar-refractivity contribution in [1.29, 1.82) is 0 Å². The van der Waals surface area contributed by atoms with Crippen molar-refractivity contribution >= 4 is 43.3 Å².